The smallest absolute Gasteiger partial charge is 0.303 e. The summed E-state index contributed by atoms with van der Waals surface area (Å²) < 4.78 is 23.4. The van der Waals surface area contributed by atoms with E-state index in [9.17, 15) is 19.6 Å². The molecule has 0 spiro atoms. The number of aromatic nitrogens is 4. The van der Waals surface area contributed by atoms with Gasteiger partial charge in [0.05, 0.1) is 6.33 Å². The van der Waals surface area contributed by atoms with Gasteiger partial charge in [0, 0.05) is 26.8 Å². The Bertz CT molecular complexity index is 1140. The number of hydrogen-bond donors (Lipinski definition) is 1. The fraction of sp³-hybridized carbons (Fsp3) is 0.550. The number of nitrogens with zero attached hydrogens (tertiary/aromatic N) is 5. The van der Waals surface area contributed by atoms with E-state index in [0.29, 0.717) is 11.3 Å². The maximum absolute atomic E-state index is 11.9. The molecule has 1 N–H and O–H groups in total. The molecule has 1 saturated heterocycles. The van der Waals surface area contributed by atoms with Crippen molar-refractivity contribution in [1.29, 1.82) is 5.26 Å². The van der Waals surface area contributed by atoms with Crippen LogP contribution in [-0.2, 0) is 33.3 Å². The molecular weight excluding hydrogens is 436 g/mol. The second kappa shape index (κ2) is 8.99. The van der Waals surface area contributed by atoms with Crippen LogP contribution in [0, 0.1) is 11.3 Å². The number of fused-ring (bicyclic) bond motifs is 1. The number of nitriles is 1. The van der Waals surface area contributed by atoms with Gasteiger partial charge < -0.3 is 24.3 Å². The topological polar surface area (TPSA) is 168 Å². The molecular formula is C20H22N6O7. The Hall–Kier alpha value is -3.79. The van der Waals surface area contributed by atoms with Crippen LogP contribution in [0.25, 0.3) is 11.2 Å². The molecule has 3 heterocycles. The number of rotatable bonds is 7. The molecule has 174 valence electrons. The molecule has 13 heteroatoms. The average molecular weight is 458 g/mol. The molecule has 2 fully saturated rings. The van der Waals surface area contributed by atoms with Gasteiger partial charge in [0.15, 0.2) is 35.4 Å². The van der Waals surface area contributed by atoms with Crippen LogP contribution in [-0.4, -0.2) is 68.4 Å². The average Bonchev–Trinajstić information content (AvgIpc) is 3.37. The quantitative estimate of drug-likeness (QED) is 0.454. The van der Waals surface area contributed by atoms with Crippen LogP contribution in [0.15, 0.2) is 6.33 Å². The van der Waals surface area contributed by atoms with Crippen molar-refractivity contribution in [1.82, 2.24) is 19.5 Å². The lowest BCUT2D eigenvalue weighted by Gasteiger charge is -2.23. The molecule has 1 aliphatic heterocycles. The second-order valence-electron chi connectivity index (χ2n) is 7.77. The van der Waals surface area contributed by atoms with Crippen molar-refractivity contribution in [3.63, 3.8) is 0 Å². The summed E-state index contributed by atoms with van der Waals surface area (Å²) in [6.07, 6.45) is -0.727. The molecule has 13 nitrogen and oxygen atoms in total. The number of carbonyl (C=O) groups excluding carboxylic acids is 3. The Balaban J connectivity index is 1.76. The van der Waals surface area contributed by atoms with E-state index in [4.69, 9.17) is 18.9 Å². The molecule has 2 aliphatic rings. The molecule has 0 aromatic carbocycles. The number of ether oxygens (including phenoxy) is 4. The summed E-state index contributed by atoms with van der Waals surface area (Å²) in [5.74, 6) is -1.49. The number of nitrogens with one attached hydrogen (secondary N) is 1. The van der Waals surface area contributed by atoms with Crippen molar-refractivity contribution in [3.05, 3.63) is 12.2 Å². The Morgan fingerprint density at radius 2 is 1.85 bits per heavy atom. The molecule has 0 amide bonds. The van der Waals surface area contributed by atoms with E-state index in [1.54, 1.807) is 0 Å². The van der Waals surface area contributed by atoms with Crippen LogP contribution in [0.1, 0.15) is 45.7 Å². The van der Waals surface area contributed by atoms with E-state index in [1.807, 2.05) is 6.07 Å². The lowest BCUT2D eigenvalue weighted by molar-refractivity contribution is -0.166. The highest BCUT2D eigenvalue weighted by Crippen LogP contribution is 2.37. The summed E-state index contributed by atoms with van der Waals surface area (Å²) >= 11 is 0. The summed E-state index contributed by atoms with van der Waals surface area (Å²) in [5.41, 5.74) is 0.667. The highest BCUT2D eigenvalue weighted by Gasteiger charge is 2.51. The van der Waals surface area contributed by atoms with Gasteiger partial charge in [0.25, 0.3) is 0 Å². The number of hydrogen-bond acceptors (Lipinski definition) is 12. The van der Waals surface area contributed by atoms with Crippen molar-refractivity contribution in [2.75, 3.05) is 11.9 Å². The molecule has 0 unspecified atom stereocenters. The zero-order valence-electron chi connectivity index (χ0n) is 18.2. The van der Waals surface area contributed by atoms with E-state index >= 15 is 0 Å². The number of anilines is 1. The minimum absolute atomic E-state index is 0.0811. The lowest BCUT2D eigenvalue weighted by Crippen LogP contribution is -2.40. The Kier molecular flexibility index (Phi) is 6.10. The standard InChI is InChI=1S/C20H22N6O7/c1-9(27)30-7-13-16(31-10(2)28)17(32-11(3)29)20(33-13)26-8-22-15-18(23-12-4-5-12)24-14(6-21)25-19(15)26/h8,12-13,16-17,20H,4-5,7H2,1-3H3,(H,23,24,25)/t13-,16+,17+,20+/m0/s1. The summed E-state index contributed by atoms with van der Waals surface area (Å²) in [4.78, 5) is 47.8. The SMILES string of the molecule is CC(=O)OC[C@@H]1O[C@@H](n2cnc3c(NC4CC4)nc(C#N)nc32)[C@H](OC(C)=O)[C@@H]1OC(C)=O. The molecule has 4 rings (SSSR count). The molecule has 0 bridgehead atoms. The fourth-order valence-electron chi connectivity index (χ4n) is 3.59. The van der Waals surface area contributed by atoms with E-state index in [1.165, 1.54) is 31.7 Å². The first kappa shape index (κ1) is 22.4. The normalized spacial score (nSPS) is 24.2. The van der Waals surface area contributed by atoms with Crippen molar-refractivity contribution < 1.29 is 33.3 Å². The summed E-state index contributed by atoms with van der Waals surface area (Å²) in [7, 11) is 0. The van der Waals surface area contributed by atoms with Crippen LogP contribution in [0.2, 0.25) is 0 Å². The largest absolute Gasteiger partial charge is 0.463 e. The van der Waals surface area contributed by atoms with Gasteiger partial charge >= 0.3 is 17.9 Å². The van der Waals surface area contributed by atoms with Crippen LogP contribution in [0.5, 0.6) is 0 Å². The Morgan fingerprint density at radius 1 is 1.15 bits per heavy atom. The van der Waals surface area contributed by atoms with Crippen molar-refractivity contribution in [2.24, 2.45) is 0 Å². The van der Waals surface area contributed by atoms with Gasteiger partial charge in [0.1, 0.15) is 18.8 Å². The van der Waals surface area contributed by atoms with E-state index in [0.717, 1.165) is 12.8 Å². The van der Waals surface area contributed by atoms with Gasteiger partial charge in [-0.3, -0.25) is 19.0 Å². The zero-order chi connectivity index (χ0) is 23.7. The summed E-state index contributed by atoms with van der Waals surface area (Å²) in [6, 6.07) is 2.17. The highest BCUT2D eigenvalue weighted by molar-refractivity contribution is 5.83. The fourth-order valence-corrected chi connectivity index (χ4v) is 3.59. The van der Waals surface area contributed by atoms with Crippen molar-refractivity contribution in [3.8, 4) is 6.07 Å². The summed E-state index contributed by atoms with van der Waals surface area (Å²) in [6.45, 7) is 3.41. The first-order valence-corrected chi connectivity index (χ1v) is 10.3. The van der Waals surface area contributed by atoms with E-state index < -0.39 is 42.4 Å². The van der Waals surface area contributed by atoms with Crippen molar-refractivity contribution in [2.45, 2.75) is 64.2 Å². The molecule has 1 aliphatic carbocycles. The van der Waals surface area contributed by atoms with E-state index in [2.05, 4.69) is 20.3 Å². The van der Waals surface area contributed by atoms with Gasteiger partial charge in [-0.05, 0) is 12.8 Å². The van der Waals surface area contributed by atoms with Crippen molar-refractivity contribution >= 4 is 34.9 Å². The van der Waals surface area contributed by atoms with Crippen LogP contribution < -0.4 is 5.32 Å². The third-order valence-electron chi connectivity index (χ3n) is 5.05. The Morgan fingerprint density at radius 3 is 2.45 bits per heavy atom. The minimum Gasteiger partial charge on any atom is -0.463 e. The molecule has 2 aromatic heterocycles. The number of esters is 3. The minimum atomic E-state index is -1.09. The molecule has 4 atom stereocenters. The predicted molar refractivity (Wildman–Crippen MR) is 108 cm³/mol. The highest BCUT2D eigenvalue weighted by atomic mass is 16.7. The second-order valence-corrected chi connectivity index (χ2v) is 7.77. The van der Waals surface area contributed by atoms with Crippen LogP contribution in [0.4, 0.5) is 5.82 Å². The predicted octanol–water partition coefficient (Wildman–Crippen LogP) is 0.596. The summed E-state index contributed by atoms with van der Waals surface area (Å²) in [5, 5.41) is 12.6. The zero-order valence-corrected chi connectivity index (χ0v) is 18.2. The van der Waals surface area contributed by atoms with Crippen LogP contribution >= 0.6 is 0 Å². The van der Waals surface area contributed by atoms with Crippen LogP contribution in [0.3, 0.4) is 0 Å². The monoisotopic (exact) mass is 458 g/mol. The third kappa shape index (κ3) is 4.85. The first-order valence-electron chi connectivity index (χ1n) is 10.3. The molecule has 33 heavy (non-hydrogen) atoms. The first-order chi connectivity index (χ1) is 15.8. The Labute approximate surface area is 188 Å². The van der Waals surface area contributed by atoms with Gasteiger partial charge in [-0.2, -0.15) is 15.2 Å². The maximum atomic E-state index is 11.9. The lowest BCUT2D eigenvalue weighted by atomic mass is 10.1. The molecule has 1 saturated carbocycles. The molecule has 2 aromatic rings. The van der Waals surface area contributed by atoms with Gasteiger partial charge in [0.2, 0.25) is 5.82 Å². The molecule has 0 radical (unpaired) electrons. The number of carbonyl (C=O) groups is 3. The van der Waals surface area contributed by atoms with Gasteiger partial charge in [-0.15, -0.1) is 0 Å². The van der Waals surface area contributed by atoms with Gasteiger partial charge in [-0.25, -0.2) is 4.98 Å². The van der Waals surface area contributed by atoms with Gasteiger partial charge in [-0.1, -0.05) is 0 Å². The third-order valence-corrected chi connectivity index (χ3v) is 5.05. The van der Waals surface area contributed by atoms with E-state index in [-0.39, 0.29) is 24.1 Å². The number of imidazole rings is 1. The maximum Gasteiger partial charge on any atom is 0.303 e.